The lowest BCUT2D eigenvalue weighted by Gasteiger charge is -2.58. The van der Waals surface area contributed by atoms with Gasteiger partial charge in [-0.15, -0.1) is 0 Å². The third kappa shape index (κ3) is 6.43. The molecule has 2 amide bonds. The van der Waals surface area contributed by atoms with E-state index in [2.05, 4.69) is 29.6 Å². The number of hydrogen-bond donors (Lipinski definition) is 3. The number of nitrogens with one attached hydrogen (secondary N) is 2. The number of aromatic nitrogens is 2. The van der Waals surface area contributed by atoms with Gasteiger partial charge >= 0.3 is 6.09 Å². The molecule has 1 saturated heterocycles. The van der Waals surface area contributed by atoms with Crippen LogP contribution >= 0.6 is 0 Å². The van der Waals surface area contributed by atoms with Crippen LogP contribution in [-0.4, -0.2) is 82.8 Å². The molecule has 2 atom stereocenters. The molecular formula is C29H45N5O5. The minimum Gasteiger partial charge on any atom is -0.477 e. The van der Waals surface area contributed by atoms with Crippen molar-refractivity contribution in [1.82, 2.24) is 25.3 Å². The fraction of sp³-hybridized carbons (Fsp3) is 0.759. The van der Waals surface area contributed by atoms with Crippen molar-refractivity contribution < 1.29 is 24.2 Å². The summed E-state index contributed by atoms with van der Waals surface area (Å²) >= 11 is 0. The van der Waals surface area contributed by atoms with Crippen LogP contribution < -0.4 is 15.4 Å². The van der Waals surface area contributed by atoms with Crippen LogP contribution in [0.5, 0.6) is 5.88 Å². The summed E-state index contributed by atoms with van der Waals surface area (Å²) in [7, 11) is 0. The van der Waals surface area contributed by atoms with Gasteiger partial charge in [0.05, 0.1) is 18.4 Å². The van der Waals surface area contributed by atoms with Crippen molar-refractivity contribution in [3.63, 3.8) is 0 Å². The van der Waals surface area contributed by atoms with Crippen molar-refractivity contribution in [2.24, 2.45) is 29.1 Å². The van der Waals surface area contributed by atoms with Crippen LogP contribution in [0.4, 0.5) is 4.79 Å². The van der Waals surface area contributed by atoms with Gasteiger partial charge in [-0.3, -0.25) is 4.79 Å². The third-order valence-corrected chi connectivity index (χ3v) is 8.70. The SMILES string of the molecule is CC(C)COc1c(C(=O)NC2C3CC4CC2CC(O)(C4)C3)cnn1C=CC(C)(C)COC(=O)N1CCNCC1. The van der Waals surface area contributed by atoms with Gasteiger partial charge in [0.1, 0.15) is 12.2 Å². The smallest absolute Gasteiger partial charge is 0.409 e. The lowest BCUT2D eigenvalue weighted by atomic mass is 9.52. The highest BCUT2D eigenvalue weighted by Crippen LogP contribution is 2.55. The van der Waals surface area contributed by atoms with Crippen LogP contribution in [0.15, 0.2) is 12.3 Å². The van der Waals surface area contributed by atoms with E-state index in [0.717, 1.165) is 45.2 Å². The van der Waals surface area contributed by atoms with E-state index in [-0.39, 0.29) is 30.6 Å². The lowest BCUT2D eigenvalue weighted by molar-refractivity contribution is -0.136. The van der Waals surface area contributed by atoms with Gasteiger partial charge in [0.15, 0.2) is 0 Å². The van der Waals surface area contributed by atoms with Gasteiger partial charge in [-0.1, -0.05) is 33.8 Å². The lowest BCUT2D eigenvalue weighted by Crippen LogP contribution is -2.61. The molecule has 0 spiro atoms. The Morgan fingerprint density at radius 3 is 2.56 bits per heavy atom. The van der Waals surface area contributed by atoms with Crippen molar-refractivity contribution in [3.05, 3.63) is 17.8 Å². The molecule has 10 heteroatoms. The van der Waals surface area contributed by atoms with E-state index in [1.165, 1.54) is 0 Å². The first-order chi connectivity index (χ1) is 18.5. The maximum atomic E-state index is 13.5. The molecule has 5 fully saturated rings. The standard InChI is InChI=1S/C29H45N5O5/c1-19(2)17-38-26-23(25(35)32-24-21-11-20-12-22(24)15-29(37,13-20)14-21)16-31-34(26)8-5-28(3,4)18-39-27(36)33-9-6-30-7-10-33/h5,8,16,19-22,24,30,37H,6-7,9-15,17-18H2,1-4H3,(H,32,35). The van der Waals surface area contributed by atoms with Gasteiger partial charge in [-0.2, -0.15) is 5.10 Å². The molecular weight excluding hydrogens is 498 g/mol. The van der Waals surface area contributed by atoms with E-state index in [4.69, 9.17) is 9.47 Å². The quantitative estimate of drug-likeness (QED) is 0.438. The Hall–Kier alpha value is -2.59. The molecule has 6 rings (SSSR count). The molecule has 2 heterocycles. The Morgan fingerprint density at radius 2 is 1.92 bits per heavy atom. The van der Waals surface area contributed by atoms with Crippen LogP contribution in [0.1, 0.15) is 70.2 Å². The second-order valence-corrected chi connectivity index (χ2v) is 13.3. The number of rotatable bonds is 9. The molecule has 4 aliphatic carbocycles. The van der Waals surface area contributed by atoms with E-state index >= 15 is 0 Å². The maximum absolute atomic E-state index is 13.5. The molecule has 2 unspecified atom stereocenters. The van der Waals surface area contributed by atoms with Gasteiger partial charge in [0, 0.05) is 43.8 Å². The summed E-state index contributed by atoms with van der Waals surface area (Å²) in [5.74, 6) is 1.74. The van der Waals surface area contributed by atoms with Crippen LogP contribution in [0, 0.1) is 29.1 Å². The molecule has 1 aliphatic heterocycles. The molecule has 216 valence electrons. The highest BCUT2D eigenvalue weighted by molar-refractivity contribution is 5.96. The Bertz CT molecular complexity index is 1060. The second kappa shape index (κ2) is 11.1. The van der Waals surface area contributed by atoms with E-state index < -0.39 is 11.0 Å². The molecule has 0 radical (unpaired) electrons. The molecule has 1 aromatic heterocycles. The van der Waals surface area contributed by atoms with Crippen molar-refractivity contribution in [1.29, 1.82) is 0 Å². The molecule has 4 bridgehead atoms. The van der Waals surface area contributed by atoms with Crippen molar-refractivity contribution >= 4 is 18.2 Å². The summed E-state index contributed by atoms with van der Waals surface area (Å²) in [5.41, 5.74) is -0.574. The van der Waals surface area contributed by atoms with E-state index in [1.54, 1.807) is 22.0 Å². The fourth-order valence-corrected chi connectivity index (χ4v) is 6.96. The zero-order valence-electron chi connectivity index (χ0n) is 23.8. The Kier molecular flexibility index (Phi) is 7.97. The second-order valence-electron chi connectivity index (χ2n) is 13.3. The Labute approximate surface area is 231 Å². The monoisotopic (exact) mass is 543 g/mol. The average Bonchev–Trinajstić information content (AvgIpc) is 3.29. The van der Waals surface area contributed by atoms with E-state index in [0.29, 0.717) is 48.9 Å². The first-order valence-corrected chi connectivity index (χ1v) is 14.6. The summed E-state index contributed by atoms with van der Waals surface area (Å²) in [6.45, 7) is 11.6. The molecule has 3 N–H and O–H groups in total. The first kappa shape index (κ1) is 28.0. The van der Waals surface area contributed by atoms with Crippen LogP contribution in [0.3, 0.4) is 0 Å². The number of ether oxygens (including phenoxy) is 2. The summed E-state index contributed by atoms with van der Waals surface area (Å²) < 4.78 is 13.3. The van der Waals surface area contributed by atoms with Crippen molar-refractivity contribution in [2.75, 3.05) is 39.4 Å². The predicted octanol–water partition coefficient (Wildman–Crippen LogP) is 3.13. The third-order valence-electron chi connectivity index (χ3n) is 8.70. The summed E-state index contributed by atoms with van der Waals surface area (Å²) in [6.07, 6.45) is 9.60. The molecule has 10 nitrogen and oxygen atoms in total. The molecule has 0 aromatic carbocycles. The normalized spacial score (nSPS) is 30.3. The van der Waals surface area contributed by atoms with Gasteiger partial charge in [-0.05, 0) is 55.8 Å². The van der Waals surface area contributed by atoms with Crippen LogP contribution in [0.2, 0.25) is 0 Å². The maximum Gasteiger partial charge on any atom is 0.409 e. The van der Waals surface area contributed by atoms with E-state index in [9.17, 15) is 14.7 Å². The Balaban J connectivity index is 1.26. The van der Waals surface area contributed by atoms with E-state index in [1.807, 2.05) is 19.9 Å². The van der Waals surface area contributed by atoms with Gasteiger partial charge in [-0.25, -0.2) is 9.48 Å². The first-order valence-electron chi connectivity index (χ1n) is 14.6. The number of hydrogen-bond acceptors (Lipinski definition) is 7. The number of nitrogens with zero attached hydrogens (tertiary/aromatic N) is 3. The summed E-state index contributed by atoms with van der Waals surface area (Å²) in [4.78, 5) is 27.7. The fourth-order valence-electron chi connectivity index (χ4n) is 6.96. The minimum absolute atomic E-state index is 0.0791. The zero-order chi connectivity index (χ0) is 27.8. The van der Waals surface area contributed by atoms with Crippen molar-refractivity contribution in [3.8, 4) is 5.88 Å². The number of aliphatic hydroxyl groups is 1. The van der Waals surface area contributed by atoms with Crippen molar-refractivity contribution in [2.45, 2.75) is 71.4 Å². The largest absolute Gasteiger partial charge is 0.477 e. The van der Waals surface area contributed by atoms with Gasteiger partial charge in [0.25, 0.3) is 5.91 Å². The summed E-state index contributed by atoms with van der Waals surface area (Å²) in [6, 6.07) is 0.0791. The minimum atomic E-state index is -0.537. The molecule has 39 heavy (non-hydrogen) atoms. The van der Waals surface area contributed by atoms with Gasteiger partial charge in [0.2, 0.25) is 5.88 Å². The number of carbonyl (C=O) groups excluding carboxylic acids is 2. The topological polar surface area (TPSA) is 118 Å². The van der Waals surface area contributed by atoms with Crippen LogP contribution in [-0.2, 0) is 4.74 Å². The number of amides is 2. The number of carbonyl (C=O) groups is 2. The molecule has 4 saturated carbocycles. The summed E-state index contributed by atoms with van der Waals surface area (Å²) in [5, 5.41) is 21.9. The average molecular weight is 544 g/mol. The predicted molar refractivity (Wildman–Crippen MR) is 147 cm³/mol. The molecule has 5 aliphatic rings. The van der Waals surface area contributed by atoms with Crippen LogP contribution in [0.25, 0.3) is 6.20 Å². The Morgan fingerprint density at radius 1 is 1.23 bits per heavy atom. The molecule has 1 aromatic rings. The highest BCUT2D eigenvalue weighted by Gasteiger charge is 2.55. The van der Waals surface area contributed by atoms with Gasteiger partial charge < -0.3 is 30.1 Å². The number of piperazine rings is 1. The zero-order valence-corrected chi connectivity index (χ0v) is 23.8. The highest BCUT2D eigenvalue weighted by atomic mass is 16.6.